The van der Waals surface area contributed by atoms with E-state index in [1.54, 1.807) is 24.4 Å². The van der Waals surface area contributed by atoms with Gasteiger partial charge in [-0.1, -0.05) is 48.5 Å². The number of carbonyl (C=O) groups excluding carboxylic acids is 1. The van der Waals surface area contributed by atoms with Gasteiger partial charge in [-0.25, -0.2) is 9.78 Å². The molecule has 0 unspecified atom stereocenters. The predicted octanol–water partition coefficient (Wildman–Crippen LogP) is 3.59. The Balaban J connectivity index is 1.79. The third-order valence-corrected chi connectivity index (χ3v) is 3.11. The van der Waals surface area contributed by atoms with Gasteiger partial charge in [-0.15, -0.1) is 0 Å². The largest absolute Gasteiger partial charge is 0.456 e. The van der Waals surface area contributed by atoms with Gasteiger partial charge >= 0.3 is 5.97 Å². The van der Waals surface area contributed by atoms with Crippen molar-refractivity contribution < 1.29 is 9.53 Å². The average Bonchev–Trinajstić information content (AvgIpc) is 2.53. The minimum absolute atomic E-state index is 0.247. The minimum Gasteiger partial charge on any atom is -0.456 e. The van der Waals surface area contributed by atoms with E-state index in [0.29, 0.717) is 5.69 Å². The van der Waals surface area contributed by atoms with E-state index < -0.39 is 5.97 Å². The number of benzene rings is 2. The molecule has 0 fully saturated rings. The van der Waals surface area contributed by atoms with Gasteiger partial charge in [0.15, 0.2) is 0 Å². The van der Waals surface area contributed by atoms with Crippen LogP contribution in [-0.2, 0) is 11.3 Å². The third-order valence-electron chi connectivity index (χ3n) is 3.11. The molecule has 2 aromatic carbocycles. The number of esters is 1. The smallest absolute Gasteiger partial charge is 0.357 e. The number of fused-ring (bicyclic) bond motifs is 1. The first-order valence-corrected chi connectivity index (χ1v) is 6.39. The number of hydrogen-bond acceptors (Lipinski definition) is 3. The number of aromatic nitrogens is 1. The first kappa shape index (κ1) is 12.4. The van der Waals surface area contributed by atoms with E-state index >= 15 is 0 Å². The number of rotatable bonds is 3. The Labute approximate surface area is 116 Å². The summed E-state index contributed by atoms with van der Waals surface area (Å²) in [5.41, 5.74) is 1.32. The number of pyridine rings is 1. The Morgan fingerprint density at radius 1 is 0.950 bits per heavy atom. The summed E-state index contributed by atoms with van der Waals surface area (Å²) in [6, 6.07) is 19.2. The first-order valence-electron chi connectivity index (χ1n) is 6.39. The van der Waals surface area contributed by atoms with Gasteiger partial charge in [-0.2, -0.15) is 0 Å². The van der Waals surface area contributed by atoms with Gasteiger partial charge in [-0.3, -0.25) is 0 Å². The highest BCUT2D eigenvalue weighted by Crippen LogP contribution is 2.19. The van der Waals surface area contributed by atoms with Crippen molar-refractivity contribution in [1.82, 2.24) is 4.98 Å². The second kappa shape index (κ2) is 5.53. The van der Waals surface area contributed by atoms with Crippen LogP contribution >= 0.6 is 0 Å². The summed E-state index contributed by atoms with van der Waals surface area (Å²) in [6.45, 7) is 0.247. The summed E-state index contributed by atoms with van der Waals surface area (Å²) in [6.07, 6.45) is 1.58. The Bertz CT molecular complexity index is 733. The van der Waals surface area contributed by atoms with E-state index in [2.05, 4.69) is 4.98 Å². The summed E-state index contributed by atoms with van der Waals surface area (Å²) < 4.78 is 5.32. The van der Waals surface area contributed by atoms with Crippen LogP contribution < -0.4 is 0 Å². The molecule has 3 rings (SSSR count). The lowest BCUT2D eigenvalue weighted by atomic mass is 10.1. The second-order valence-corrected chi connectivity index (χ2v) is 4.43. The Morgan fingerprint density at radius 2 is 1.75 bits per heavy atom. The van der Waals surface area contributed by atoms with E-state index in [1.165, 1.54) is 0 Å². The second-order valence-electron chi connectivity index (χ2n) is 4.43. The number of nitrogens with zero attached hydrogens (tertiary/aromatic N) is 1. The molecule has 0 N–H and O–H groups in total. The van der Waals surface area contributed by atoms with E-state index in [4.69, 9.17) is 4.74 Å². The molecule has 0 spiro atoms. The molecule has 3 heteroatoms. The van der Waals surface area contributed by atoms with Crippen molar-refractivity contribution in [3.63, 3.8) is 0 Å². The number of carbonyl (C=O) groups is 1. The zero-order valence-electron chi connectivity index (χ0n) is 10.8. The van der Waals surface area contributed by atoms with Gasteiger partial charge in [0.1, 0.15) is 12.3 Å². The zero-order chi connectivity index (χ0) is 13.8. The molecule has 3 aromatic rings. The summed E-state index contributed by atoms with van der Waals surface area (Å²) in [7, 11) is 0. The van der Waals surface area contributed by atoms with Crippen molar-refractivity contribution in [2.24, 2.45) is 0 Å². The normalized spacial score (nSPS) is 10.4. The van der Waals surface area contributed by atoms with Gasteiger partial charge in [0.25, 0.3) is 0 Å². The summed E-state index contributed by atoms with van der Waals surface area (Å²) >= 11 is 0. The van der Waals surface area contributed by atoms with Crippen molar-refractivity contribution >= 4 is 16.7 Å². The SMILES string of the molecule is O=C(OCc1cccc2ccccc12)c1ccccn1. The van der Waals surface area contributed by atoms with Crippen LogP contribution in [-0.4, -0.2) is 11.0 Å². The van der Waals surface area contributed by atoms with Crippen LogP contribution in [0.3, 0.4) is 0 Å². The topological polar surface area (TPSA) is 39.2 Å². The van der Waals surface area contributed by atoms with Crippen molar-refractivity contribution in [2.45, 2.75) is 6.61 Å². The number of hydrogen-bond donors (Lipinski definition) is 0. The molecule has 20 heavy (non-hydrogen) atoms. The molecule has 0 radical (unpaired) electrons. The average molecular weight is 263 g/mol. The predicted molar refractivity (Wildman–Crippen MR) is 77.3 cm³/mol. The maximum absolute atomic E-state index is 11.9. The monoisotopic (exact) mass is 263 g/mol. The maximum Gasteiger partial charge on any atom is 0.357 e. The molecule has 98 valence electrons. The van der Waals surface area contributed by atoms with Crippen molar-refractivity contribution in [3.8, 4) is 0 Å². The van der Waals surface area contributed by atoms with Crippen molar-refractivity contribution in [1.29, 1.82) is 0 Å². The molecule has 0 saturated carbocycles. The summed E-state index contributed by atoms with van der Waals surface area (Å²) in [4.78, 5) is 15.8. The molecule has 0 saturated heterocycles. The summed E-state index contributed by atoms with van der Waals surface area (Å²) in [5, 5.41) is 2.24. The van der Waals surface area contributed by atoms with Gasteiger partial charge in [0.05, 0.1) is 0 Å². The van der Waals surface area contributed by atoms with E-state index in [-0.39, 0.29) is 6.61 Å². The first-order chi connectivity index (χ1) is 9.84. The van der Waals surface area contributed by atoms with E-state index in [0.717, 1.165) is 16.3 Å². The molecule has 1 aromatic heterocycles. The van der Waals surface area contributed by atoms with Crippen LogP contribution in [0.1, 0.15) is 16.1 Å². The lowest BCUT2D eigenvalue weighted by Crippen LogP contribution is -2.07. The van der Waals surface area contributed by atoms with E-state index in [1.807, 2.05) is 42.5 Å². The van der Waals surface area contributed by atoms with Crippen LogP contribution in [0.25, 0.3) is 10.8 Å². The Morgan fingerprint density at radius 3 is 2.60 bits per heavy atom. The number of ether oxygens (including phenoxy) is 1. The zero-order valence-corrected chi connectivity index (χ0v) is 10.8. The van der Waals surface area contributed by atoms with Crippen LogP contribution in [0.5, 0.6) is 0 Å². The van der Waals surface area contributed by atoms with Gasteiger partial charge in [0, 0.05) is 6.20 Å². The van der Waals surface area contributed by atoms with Crippen molar-refractivity contribution in [2.75, 3.05) is 0 Å². The molecule has 0 atom stereocenters. The highest BCUT2D eigenvalue weighted by Gasteiger charge is 2.09. The fraction of sp³-hybridized carbons (Fsp3) is 0.0588. The lowest BCUT2D eigenvalue weighted by molar-refractivity contribution is 0.0467. The molecule has 3 nitrogen and oxygen atoms in total. The molecule has 0 aliphatic heterocycles. The molecular formula is C17H13NO2. The quantitative estimate of drug-likeness (QED) is 0.678. The molecule has 1 heterocycles. The van der Waals surface area contributed by atoms with Gasteiger partial charge < -0.3 is 4.74 Å². The fourth-order valence-electron chi connectivity index (χ4n) is 2.12. The maximum atomic E-state index is 11.9. The molecular weight excluding hydrogens is 250 g/mol. The highest BCUT2D eigenvalue weighted by atomic mass is 16.5. The van der Waals surface area contributed by atoms with Gasteiger partial charge in [-0.05, 0) is 28.5 Å². The molecule has 0 aliphatic carbocycles. The van der Waals surface area contributed by atoms with E-state index in [9.17, 15) is 4.79 Å². The minimum atomic E-state index is -0.404. The Kier molecular flexibility index (Phi) is 3.42. The van der Waals surface area contributed by atoms with Crippen LogP contribution in [0.2, 0.25) is 0 Å². The third kappa shape index (κ3) is 2.52. The van der Waals surface area contributed by atoms with Crippen LogP contribution in [0.15, 0.2) is 66.9 Å². The highest BCUT2D eigenvalue weighted by molar-refractivity contribution is 5.88. The summed E-state index contributed by atoms with van der Waals surface area (Å²) in [5.74, 6) is -0.404. The molecule has 0 bridgehead atoms. The molecule has 0 aliphatic rings. The Hall–Kier alpha value is -2.68. The van der Waals surface area contributed by atoms with Gasteiger partial charge in [0.2, 0.25) is 0 Å². The fourth-order valence-corrected chi connectivity index (χ4v) is 2.12. The van der Waals surface area contributed by atoms with Crippen LogP contribution in [0.4, 0.5) is 0 Å². The van der Waals surface area contributed by atoms with Crippen LogP contribution in [0, 0.1) is 0 Å². The molecule has 0 amide bonds. The lowest BCUT2D eigenvalue weighted by Gasteiger charge is -2.07. The van der Waals surface area contributed by atoms with Crippen molar-refractivity contribution in [3.05, 3.63) is 78.1 Å². The standard InChI is InChI=1S/C17H13NO2/c19-17(16-10-3-4-11-18-16)20-12-14-8-5-7-13-6-1-2-9-15(13)14/h1-11H,12H2.